The molecular weight excluding hydrogens is 623 g/mol. The van der Waals surface area contributed by atoms with Crippen LogP contribution in [0.3, 0.4) is 0 Å². The average molecular weight is 654 g/mol. The van der Waals surface area contributed by atoms with Crippen LogP contribution in [0.1, 0.15) is 0 Å². The van der Waals surface area contributed by atoms with Crippen molar-refractivity contribution < 1.29 is 9.47 Å². The van der Waals surface area contributed by atoms with Gasteiger partial charge >= 0.3 is 0 Å². The van der Waals surface area contributed by atoms with Crippen LogP contribution in [0, 0.1) is 0 Å². The summed E-state index contributed by atoms with van der Waals surface area (Å²) in [6.07, 6.45) is 0. The molecule has 0 spiro atoms. The minimum Gasteiger partial charge on any atom is -0.456 e. The van der Waals surface area contributed by atoms with E-state index >= 15 is 0 Å². The van der Waals surface area contributed by atoms with E-state index in [4.69, 9.17) is 9.47 Å². The van der Waals surface area contributed by atoms with Gasteiger partial charge in [-0.3, -0.25) is 0 Å². The molecule has 0 radical (unpaired) electrons. The van der Waals surface area contributed by atoms with Gasteiger partial charge in [-0.25, -0.2) is 0 Å². The highest BCUT2D eigenvalue weighted by atomic mass is 16.5. The van der Waals surface area contributed by atoms with Crippen molar-refractivity contribution in [3.05, 3.63) is 188 Å². The van der Waals surface area contributed by atoms with E-state index in [-0.39, 0.29) is 0 Å². The molecule has 2 heterocycles. The molecule has 10 rings (SSSR count). The number of fused-ring (bicyclic) bond motifs is 9. The van der Waals surface area contributed by atoms with Gasteiger partial charge in [0.15, 0.2) is 0 Å². The van der Waals surface area contributed by atoms with Crippen LogP contribution in [0.25, 0.3) is 72.0 Å². The molecule has 0 unspecified atom stereocenters. The zero-order valence-corrected chi connectivity index (χ0v) is 27.7. The van der Waals surface area contributed by atoms with Gasteiger partial charge < -0.3 is 14.0 Å². The monoisotopic (exact) mass is 653 g/mol. The van der Waals surface area contributed by atoms with Gasteiger partial charge in [-0.05, 0) is 59.2 Å². The van der Waals surface area contributed by atoms with E-state index in [0.29, 0.717) is 0 Å². The van der Waals surface area contributed by atoms with Crippen molar-refractivity contribution in [3.8, 4) is 73.2 Å². The number of aromatic nitrogens is 1. The van der Waals surface area contributed by atoms with Crippen molar-refractivity contribution in [2.24, 2.45) is 0 Å². The zero-order chi connectivity index (χ0) is 33.7. The van der Waals surface area contributed by atoms with Gasteiger partial charge in [-0.15, -0.1) is 0 Å². The normalized spacial score (nSPS) is 11.8. The lowest BCUT2D eigenvalue weighted by Crippen LogP contribution is -2.01. The predicted octanol–water partition coefficient (Wildman–Crippen LogP) is 13.3. The Balaban J connectivity index is 1.35. The first-order valence-electron chi connectivity index (χ1n) is 17.3. The van der Waals surface area contributed by atoms with Crippen LogP contribution in [0.2, 0.25) is 0 Å². The molecule has 1 aliphatic heterocycles. The molecule has 9 aromatic rings. The van der Waals surface area contributed by atoms with Gasteiger partial charge in [0.2, 0.25) is 0 Å². The maximum atomic E-state index is 7.11. The fourth-order valence-electron chi connectivity index (χ4n) is 7.71. The second kappa shape index (κ2) is 11.9. The number of rotatable bonds is 3. The first kappa shape index (κ1) is 29.1. The lowest BCUT2D eigenvalue weighted by atomic mass is 9.87. The summed E-state index contributed by atoms with van der Waals surface area (Å²) < 4.78 is 16.6. The second-order valence-electron chi connectivity index (χ2n) is 12.8. The largest absolute Gasteiger partial charge is 0.456 e. The highest BCUT2D eigenvalue weighted by molar-refractivity contribution is 6.15. The first-order valence-corrected chi connectivity index (χ1v) is 17.3. The van der Waals surface area contributed by atoms with E-state index in [1.54, 1.807) is 0 Å². The summed E-state index contributed by atoms with van der Waals surface area (Å²) in [6, 6.07) is 65.7. The molecule has 0 saturated carbocycles. The fourth-order valence-corrected chi connectivity index (χ4v) is 7.71. The van der Waals surface area contributed by atoms with Crippen LogP contribution < -0.4 is 9.47 Å². The SMILES string of the molecule is c1ccc(-c2cccc3c2-c2c(cccc2-c2cccc4c5ccccc5n(-c5ccccc5)c24)Oc2ccccc2-c2ccccc2O3)cc1. The van der Waals surface area contributed by atoms with Crippen molar-refractivity contribution in [3.63, 3.8) is 0 Å². The van der Waals surface area contributed by atoms with Crippen molar-refractivity contribution in [2.45, 2.75) is 0 Å². The van der Waals surface area contributed by atoms with Gasteiger partial charge in [-0.2, -0.15) is 0 Å². The summed E-state index contributed by atoms with van der Waals surface area (Å²) in [5.74, 6) is 3.06. The molecule has 0 bridgehead atoms. The Hall–Kier alpha value is -6.84. The predicted molar refractivity (Wildman–Crippen MR) is 209 cm³/mol. The van der Waals surface area contributed by atoms with Crippen LogP contribution in [-0.4, -0.2) is 4.57 Å². The summed E-state index contributed by atoms with van der Waals surface area (Å²) >= 11 is 0. The summed E-state index contributed by atoms with van der Waals surface area (Å²) in [6.45, 7) is 0. The minimum absolute atomic E-state index is 0.756. The van der Waals surface area contributed by atoms with Crippen LogP contribution in [0.15, 0.2) is 188 Å². The molecule has 0 fully saturated rings. The van der Waals surface area contributed by atoms with Crippen LogP contribution >= 0.6 is 0 Å². The molecule has 3 heteroatoms. The van der Waals surface area contributed by atoms with Crippen LogP contribution in [0.5, 0.6) is 23.0 Å². The Morgan fingerprint density at radius 3 is 1.49 bits per heavy atom. The zero-order valence-electron chi connectivity index (χ0n) is 27.7. The Bertz CT molecular complexity index is 2740. The topological polar surface area (TPSA) is 23.4 Å². The molecule has 51 heavy (non-hydrogen) atoms. The summed E-state index contributed by atoms with van der Waals surface area (Å²) in [7, 11) is 0. The number of ether oxygens (including phenoxy) is 2. The molecular formula is C48H31NO2. The average Bonchev–Trinajstić information content (AvgIpc) is 3.54. The number of nitrogens with zero attached hydrogens (tertiary/aromatic N) is 1. The van der Waals surface area contributed by atoms with Gasteiger partial charge in [-0.1, -0.05) is 146 Å². The maximum Gasteiger partial charge on any atom is 0.136 e. The molecule has 0 aliphatic carbocycles. The molecule has 0 atom stereocenters. The van der Waals surface area contributed by atoms with Crippen molar-refractivity contribution >= 4 is 21.8 Å². The first-order chi connectivity index (χ1) is 25.3. The summed E-state index contributed by atoms with van der Waals surface area (Å²) in [5, 5.41) is 2.40. The molecule has 0 N–H and O–H groups in total. The number of hydrogen-bond donors (Lipinski definition) is 0. The highest BCUT2D eigenvalue weighted by Gasteiger charge is 2.27. The Kier molecular flexibility index (Phi) is 6.81. The van der Waals surface area contributed by atoms with E-state index in [1.807, 2.05) is 36.4 Å². The van der Waals surface area contributed by atoms with Gasteiger partial charge in [0.25, 0.3) is 0 Å². The Morgan fingerprint density at radius 1 is 0.314 bits per heavy atom. The second-order valence-corrected chi connectivity index (χ2v) is 12.8. The summed E-state index contributed by atoms with van der Waals surface area (Å²) in [5.41, 5.74) is 11.6. The molecule has 3 nitrogen and oxygen atoms in total. The molecule has 1 aromatic heterocycles. The summed E-state index contributed by atoms with van der Waals surface area (Å²) in [4.78, 5) is 0. The lowest BCUT2D eigenvalue weighted by molar-refractivity contribution is 0.472. The number of benzene rings is 8. The van der Waals surface area contributed by atoms with E-state index in [2.05, 4.69) is 156 Å². The van der Waals surface area contributed by atoms with E-state index < -0.39 is 0 Å². The smallest absolute Gasteiger partial charge is 0.136 e. The maximum absolute atomic E-state index is 7.11. The van der Waals surface area contributed by atoms with Gasteiger partial charge in [0.1, 0.15) is 23.0 Å². The third-order valence-corrected chi connectivity index (χ3v) is 9.89. The van der Waals surface area contributed by atoms with Crippen LogP contribution in [0.4, 0.5) is 0 Å². The van der Waals surface area contributed by atoms with Crippen molar-refractivity contribution in [1.29, 1.82) is 0 Å². The molecule has 0 amide bonds. The standard InChI is InChI=1S/C48H31NO2/c1-3-16-32(17-4-1)34-23-14-30-44-46(34)47-38(24-15-31-45(47)51-43-29-12-9-22-37(43)36-21-8-11-28-42(36)50-44)40-26-13-25-39-35-20-7-10-27-41(35)49(48(39)40)33-18-5-2-6-19-33/h1-31H. The lowest BCUT2D eigenvalue weighted by Gasteiger charge is -2.25. The minimum atomic E-state index is 0.756. The number of para-hydroxylation sites is 5. The Morgan fingerprint density at radius 2 is 0.784 bits per heavy atom. The van der Waals surface area contributed by atoms with Crippen molar-refractivity contribution in [1.82, 2.24) is 4.57 Å². The van der Waals surface area contributed by atoms with Crippen molar-refractivity contribution in [2.75, 3.05) is 0 Å². The third kappa shape index (κ3) is 4.74. The van der Waals surface area contributed by atoms with E-state index in [9.17, 15) is 0 Å². The molecule has 0 saturated heterocycles. The molecule has 240 valence electrons. The molecule has 1 aliphatic rings. The third-order valence-electron chi connectivity index (χ3n) is 9.89. The highest BCUT2D eigenvalue weighted by Crippen LogP contribution is 2.53. The quantitative estimate of drug-likeness (QED) is 0.189. The Labute approximate surface area is 296 Å². The fraction of sp³-hybridized carbons (Fsp3) is 0. The van der Waals surface area contributed by atoms with Crippen LogP contribution in [-0.2, 0) is 0 Å². The van der Waals surface area contributed by atoms with Gasteiger partial charge in [0, 0.05) is 44.3 Å². The van der Waals surface area contributed by atoms with E-state index in [1.165, 1.54) is 10.8 Å². The number of hydrogen-bond acceptors (Lipinski definition) is 2. The van der Waals surface area contributed by atoms with E-state index in [0.717, 1.165) is 84.2 Å². The molecule has 8 aromatic carbocycles. The van der Waals surface area contributed by atoms with Gasteiger partial charge in [0.05, 0.1) is 11.0 Å².